The second kappa shape index (κ2) is 4.10. The van der Waals surface area contributed by atoms with Crippen LogP contribution in [0.5, 0.6) is 0 Å². The van der Waals surface area contributed by atoms with Gasteiger partial charge in [0.15, 0.2) is 0 Å². The highest BCUT2D eigenvalue weighted by Crippen LogP contribution is 2.31. The summed E-state index contributed by atoms with van der Waals surface area (Å²) in [7, 11) is 0. The van der Waals surface area contributed by atoms with Crippen LogP contribution in [-0.4, -0.2) is 11.4 Å². The Morgan fingerprint density at radius 3 is 2.82 bits per heavy atom. The molecule has 1 heterocycles. The number of amides is 1. The van der Waals surface area contributed by atoms with E-state index < -0.39 is 5.54 Å². The maximum atomic E-state index is 11.7. The van der Waals surface area contributed by atoms with Crippen molar-refractivity contribution in [3.8, 4) is 6.07 Å². The lowest BCUT2D eigenvalue weighted by atomic mass is 9.98. The Balaban J connectivity index is 2.28. The van der Waals surface area contributed by atoms with E-state index in [0.717, 1.165) is 23.4 Å². The summed E-state index contributed by atoms with van der Waals surface area (Å²) in [6.07, 6.45) is 1.24. The van der Waals surface area contributed by atoms with Crippen LogP contribution in [0.2, 0.25) is 0 Å². The molecule has 0 saturated heterocycles. The van der Waals surface area contributed by atoms with Crippen molar-refractivity contribution in [2.45, 2.75) is 32.2 Å². The summed E-state index contributed by atoms with van der Waals surface area (Å²) in [6, 6.07) is 7.94. The van der Waals surface area contributed by atoms with E-state index in [4.69, 9.17) is 5.26 Å². The van der Waals surface area contributed by atoms with Crippen LogP contribution >= 0.6 is 0 Å². The average molecular weight is 229 g/mol. The Kier molecular flexibility index (Phi) is 2.76. The van der Waals surface area contributed by atoms with Gasteiger partial charge in [0, 0.05) is 6.42 Å². The predicted molar refractivity (Wildman–Crippen MR) is 66.7 cm³/mol. The monoisotopic (exact) mass is 229 g/mol. The topological polar surface area (TPSA) is 64.9 Å². The molecule has 1 aromatic rings. The van der Waals surface area contributed by atoms with Gasteiger partial charge in [0.2, 0.25) is 5.91 Å². The summed E-state index contributed by atoms with van der Waals surface area (Å²) in [4.78, 5) is 11.7. The molecule has 0 atom stereocenters. The number of aryl methyl sites for hydroxylation is 1. The van der Waals surface area contributed by atoms with Gasteiger partial charge in [0.25, 0.3) is 0 Å². The molecule has 17 heavy (non-hydrogen) atoms. The largest absolute Gasteiger partial charge is 0.370 e. The molecule has 0 bridgehead atoms. The standard InChI is InChI=1S/C13H15N3O/c1-13(2)12(17)15-10-6-5-9(4-3-7-14)8-11(10)16-13/h5-6,8,16H,3-4H2,1-2H3,(H,15,17). The van der Waals surface area contributed by atoms with Gasteiger partial charge in [0.1, 0.15) is 5.54 Å². The first-order valence-electron chi connectivity index (χ1n) is 5.62. The number of hydrogen-bond acceptors (Lipinski definition) is 3. The van der Waals surface area contributed by atoms with Crippen LogP contribution in [0.25, 0.3) is 0 Å². The zero-order chi connectivity index (χ0) is 12.5. The minimum atomic E-state index is -0.596. The van der Waals surface area contributed by atoms with Crippen LogP contribution in [0.15, 0.2) is 18.2 Å². The van der Waals surface area contributed by atoms with Crippen molar-refractivity contribution in [1.29, 1.82) is 5.26 Å². The van der Waals surface area contributed by atoms with Gasteiger partial charge >= 0.3 is 0 Å². The van der Waals surface area contributed by atoms with Crippen LogP contribution in [0.4, 0.5) is 11.4 Å². The number of rotatable bonds is 2. The van der Waals surface area contributed by atoms with Gasteiger partial charge in [-0.25, -0.2) is 0 Å². The highest BCUT2D eigenvalue weighted by molar-refractivity contribution is 6.05. The zero-order valence-electron chi connectivity index (χ0n) is 10.0. The van der Waals surface area contributed by atoms with Crippen molar-refractivity contribution < 1.29 is 4.79 Å². The highest BCUT2D eigenvalue weighted by Gasteiger charge is 2.32. The number of carbonyl (C=O) groups excluding carboxylic acids is 1. The molecule has 2 N–H and O–H groups in total. The minimum absolute atomic E-state index is 0.0326. The van der Waals surface area contributed by atoms with E-state index in [-0.39, 0.29) is 5.91 Å². The normalized spacial score (nSPS) is 16.4. The molecule has 2 rings (SSSR count). The van der Waals surface area contributed by atoms with Gasteiger partial charge in [-0.3, -0.25) is 4.79 Å². The van der Waals surface area contributed by atoms with Crippen molar-refractivity contribution in [2.24, 2.45) is 0 Å². The highest BCUT2D eigenvalue weighted by atomic mass is 16.2. The molecule has 0 radical (unpaired) electrons. The van der Waals surface area contributed by atoms with Gasteiger partial charge in [-0.1, -0.05) is 6.07 Å². The molecule has 0 aliphatic carbocycles. The lowest BCUT2D eigenvalue weighted by Crippen LogP contribution is -2.47. The first kappa shape index (κ1) is 11.5. The van der Waals surface area contributed by atoms with E-state index in [1.165, 1.54) is 0 Å². The van der Waals surface area contributed by atoms with Gasteiger partial charge in [-0.15, -0.1) is 0 Å². The molecule has 4 heteroatoms. The molecule has 1 amide bonds. The molecule has 1 aliphatic heterocycles. The first-order valence-corrected chi connectivity index (χ1v) is 5.62. The molecule has 0 fully saturated rings. The fourth-order valence-electron chi connectivity index (χ4n) is 1.83. The lowest BCUT2D eigenvalue weighted by molar-refractivity contribution is -0.119. The summed E-state index contributed by atoms with van der Waals surface area (Å²) in [6.45, 7) is 3.68. The molecule has 1 aliphatic rings. The quantitative estimate of drug-likeness (QED) is 0.817. The Hall–Kier alpha value is -2.02. The lowest BCUT2D eigenvalue weighted by Gasteiger charge is -2.33. The second-order valence-corrected chi connectivity index (χ2v) is 4.74. The average Bonchev–Trinajstić information content (AvgIpc) is 2.27. The van der Waals surface area contributed by atoms with E-state index in [2.05, 4.69) is 16.7 Å². The van der Waals surface area contributed by atoms with Crippen molar-refractivity contribution in [1.82, 2.24) is 0 Å². The van der Waals surface area contributed by atoms with E-state index in [9.17, 15) is 4.79 Å². The number of nitrogens with zero attached hydrogens (tertiary/aromatic N) is 1. The Bertz CT molecular complexity index is 500. The molecular weight excluding hydrogens is 214 g/mol. The van der Waals surface area contributed by atoms with Crippen molar-refractivity contribution in [3.05, 3.63) is 23.8 Å². The Labute approximate surface area is 101 Å². The second-order valence-electron chi connectivity index (χ2n) is 4.74. The van der Waals surface area contributed by atoms with Crippen molar-refractivity contribution in [3.63, 3.8) is 0 Å². The number of benzene rings is 1. The molecular formula is C13H15N3O. The van der Waals surface area contributed by atoms with Crippen LogP contribution in [-0.2, 0) is 11.2 Å². The fourth-order valence-corrected chi connectivity index (χ4v) is 1.83. The number of anilines is 2. The fraction of sp³-hybridized carbons (Fsp3) is 0.385. The van der Waals surface area contributed by atoms with Gasteiger partial charge in [0.05, 0.1) is 17.4 Å². The van der Waals surface area contributed by atoms with Crippen LogP contribution < -0.4 is 10.6 Å². The number of carbonyl (C=O) groups is 1. The molecule has 4 nitrogen and oxygen atoms in total. The third kappa shape index (κ3) is 2.23. The van der Waals surface area contributed by atoms with E-state index in [1.54, 1.807) is 0 Å². The SMILES string of the molecule is CC1(C)Nc2cc(CCC#N)ccc2NC1=O. The summed E-state index contributed by atoms with van der Waals surface area (Å²) in [5.74, 6) is -0.0326. The smallest absolute Gasteiger partial charge is 0.249 e. The van der Waals surface area contributed by atoms with E-state index >= 15 is 0 Å². The summed E-state index contributed by atoms with van der Waals surface area (Å²) >= 11 is 0. The number of nitrogens with one attached hydrogen (secondary N) is 2. The van der Waals surface area contributed by atoms with E-state index in [0.29, 0.717) is 6.42 Å². The Morgan fingerprint density at radius 1 is 1.35 bits per heavy atom. The third-order valence-corrected chi connectivity index (χ3v) is 2.87. The summed E-state index contributed by atoms with van der Waals surface area (Å²) in [5.41, 5.74) is 2.23. The van der Waals surface area contributed by atoms with Crippen LogP contribution in [0.3, 0.4) is 0 Å². The molecule has 88 valence electrons. The summed E-state index contributed by atoms with van der Waals surface area (Å²) in [5, 5.41) is 14.6. The zero-order valence-corrected chi connectivity index (χ0v) is 10.0. The molecule has 0 spiro atoms. The minimum Gasteiger partial charge on any atom is -0.370 e. The Morgan fingerprint density at radius 2 is 2.12 bits per heavy atom. The predicted octanol–water partition coefficient (Wildman–Crippen LogP) is 2.29. The summed E-state index contributed by atoms with van der Waals surface area (Å²) < 4.78 is 0. The van der Waals surface area contributed by atoms with Crippen LogP contribution in [0, 0.1) is 11.3 Å². The van der Waals surface area contributed by atoms with Crippen LogP contribution in [0.1, 0.15) is 25.8 Å². The number of fused-ring (bicyclic) bond motifs is 1. The molecule has 0 aromatic heterocycles. The third-order valence-electron chi connectivity index (χ3n) is 2.87. The van der Waals surface area contributed by atoms with E-state index in [1.807, 2.05) is 32.0 Å². The van der Waals surface area contributed by atoms with Crippen molar-refractivity contribution >= 4 is 17.3 Å². The number of nitriles is 1. The van der Waals surface area contributed by atoms with Gasteiger partial charge in [-0.2, -0.15) is 5.26 Å². The first-order chi connectivity index (χ1) is 8.03. The van der Waals surface area contributed by atoms with Gasteiger partial charge < -0.3 is 10.6 Å². The van der Waals surface area contributed by atoms with Crippen molar-refractivity contribution in [2.75, 3.05) is 10.6 Å². The molecule has 0 unspecified atom stereocenters. The molecule has 1 aromatic carbocycles. The molecule has 0 saturated carbocycles. The number of hydrogen-bond donors (Lipinski definition) is 2. The maximum absolute atomic E-state index is 11.7. The van der Waals surface area contributed by atoms with Gasteiger partial charge in [-0.05, 0) is 38.0 Å². The maximum Gasteiger partial charge on any atom is 0.249 e.